The molecule has 1 heterocycles. The summed E-state index contributed by atoms with van der Waals surface area (Å²) in [5.74, 6) is 0.123. The van der Waals surface area contributed by atoms with Crippen LogP contribution in [0.2, 0.25) is 0 Å². The highest BCUT2D eigenvalue weighted by molar-refractivity contribution is 5.53. The first-order chi connectivity index (χ1) is 8.58. The van der Waals surface area contributed by atoms with Gasteiger partial charge in [-0.05, 0) is 25.1 Å². The Hall–Kier alpha value is -2.61. The number of nitrogens with zero attached hydrogens (tertiary/aromatic N) is 2. The molecule has 0 atom stereocenters. The molecule has 0 unspecified atom stereocenters. The van der Waals surface area contributed by atoms with Crippen molar-refractivity contribution < 1.29 is 9.13 Å². The van der Waals surface area contributed by atoms with Gasteiger partial charge in [-0.1, -0.05) is 0 Å². The third-order valence-electron chi connectivity index (χ3n) is 2.25. The van der Waals surface area contributed by atoms with Crippen molar-refractivity contribution in [2.45, 2.75) is 6.92 Å². The van der Waals surface area contributed by atoms with Crippen molar-refractivity contribution in [1.29, 1.82) is 5.26 Å². The summed E-state index contributed by atoms with van der Waals surface area (Å²) in [6, 6.07) is 8.97. The Labute approximate surface area is 103 Å². The number of nitrogen functional groups attached to an aromatic ring is 1. The zero-order valence-electron chi connectivity index (χ0n) is 9.64. The Bertz CT molecular complexity index is 635. The summed E-state index contributed by atoms with van der Waals surface area (Å²) >= 11 is 0. The van der Waals surface area contributed by atoms with Gasteiger partial charge in [0.2, 0.25) is 5.88 Å². The zero-order chi connectivity index (χ0) is 13.1. The minimum absolute atomic E-state index is 0.178. The molecule has 2 aromatic rings. The SMILES string of the molecule is Cc1cc(C#N)cc(Oc2ccc(F)cc2N)n1. The number of halogens is 1. The van der Waals surface area contributed by atoms with Gasteiger partial charge in [0.05, 0.1) is 17.3 Å². The predicted octanol–water partition coefficient (Wildman–Crippen LogP) is 2.78. The quantitative estimate of drug-likeness (QED) is 0.823. The average molecular weight is 243 g/mol. The van der Waals surface area contributed by atoms with Crippen LogP contribution in [-0.4, -0.2) is 4.98 Å². The van der Waals surface area contributed by atoms with E-state index in [1.54, 1.807) is 13.0 Å². The van der Waals surface area contributed by atoms with E-state index in [1.165, 1.54) is 18.2 Å². The number of benzene rings is 1. The summed E-state index contributed by atoms with van der Waals surface area (Å²) in [6.07, 6.45) is 0. The molecule has 0 fully saturated rings. The van der Waals surface area contributed by atoms with Crippen molar-refractivity contribution in [3.63, 3.8) is 0 Å². The molecular formula is C13H10FN3O. The molecular weight excluding hydrogens is 233 g/mol. The van der Waals surface area contributed by atoms with Gasteiger partial charge in [-0.2, -0.15) is 5.26 Å². The molecule has 4 nitrogen and oxygen atoms in total. The topological polar surface area (TPSA) is 71.9 Å². The zero-order valence-corrected chi connectivity index (χ0v) is 9.64. The molecule has 1 aromatic heterocycles. The minimum Gasteiger partial charge on any atom is -0.437 e. The molecule has 1 aromatic carbocycles. The van der Waals surface area contributed by atoms with Gasteiger partial charge in [0, 0.05) is 17.8 Å². The summed E-state index contributed by atoms with van der Waals surface area (Å²) in [5, 5.41) is 8.84. The van der Waals surface area contributed by atoms with Crippen molar-refractivity contribution in [2.24, 2.45) is 0 Å². The van der Waals surface area contributed by atoms with E-state index in [9.17, 15) is 4.39 Å². The van der Waals surface area contributed by atoms with Crippen LogP contribution >= 0.6 is 0 Å². The molecule has 0 aliphatic rings. The fourth-order valence-electron chi connectivity index (χ4n) is 1.48. The van der Waals surface area contributed by atoms with Gasteiger partial charge >= 0.3 is 0 Å². The molecule has 90 valence electrons. The third-order valence-corrected chi connectivity index (χ3v) is 2.25. The molecule has 0 saturated heterocycles. The van der Waals surface area contributed by atoms with E-state index in [1.807, 2.05) is 6.07 Å². The number of aromatic nitrogens is 1. The van der Waals surface area contributed by atoms with Crippen LogP contribution < -0.4 is 10.5 Å². The number of nitriles is 1. The van der Waals surface area contributed by atoms with Gasteiger partial charge in [0.15, 0.2) is 5.75 Å². The lowest BCUT2D eigenvalue weighted by atomic mass is 10.2. The molecule has 0 aliphatic carbocycles. The number of hydrogen-bond acceptors (Lipinski definition) is 4. The number of rotatable bonds is 2. The summed E-state index contributed by atoms with van der Waals surface area (Å²) < 4.78 is 18.3. The molecule has 0 aliphatic heterocycles. The van der Waals surface area contributed by atoms with Crippen LogP contribution in [0.15, 0.2) is 30.3 Å². The lowest BCUT2D eigenvalue weighted by molar-refractivity contribution is 0.462. The monoisotopic (exact) mass is 243 g/mol. The second-order valence-electron chi connectivity index (χ2n) is 3.73. The van der Waals surface area contributed by atoms with E-state index in [0.29, 0.717) is 17.0 Å². The van der Waals surface area contributed by atoms with Gasteiger partial charge in [-0.15, -0.1) is 0 Å². The van der Waals surface area contributed by atoms with Crippen molar-refractivity contribution in [3.8, 4) is 17.7 Å². The van der Waals surface area contributed by atoms with E-state index < -0.39 is 5.82 Å². The van der Waals surface area contributed by atoms with Crippen molar-refractivity contribution in [1.82, 2.24) is 4.98 Å². The van der Waals surface area contributed by atoms with E-state index in [4.69, 9.17) is 15.7 Å². The largest absolute Gasteiger partial charge is 0.437 e. The first-order valence-electron chi connectivity index (χ1n) is 5.20. The molecule has 2 N–H and O–H groups in total. The van der Waals surface area contributed by atoms with Crippen LogP contribution in [0.25, 0.3) is 0 Å². The standard InChI is InChI=1S/C13H10FN3O/c1-8-4-9(7-15)5-13(17-8)18-12-3-2-10(14)6-11(12)16/h2-6H,16H2,1H3. The fourth-order valence-corrected chi connectivity index (χ4v) is 1.48. The second-order valence-corrected chi connectivity index (χ2v) is 3.73. The van der Waals surface area contributed by atoms with Gasteiger partial charge in [-0.25, -0.2) is 9.37 Å². The molecule has 0 bridgehead atoms. The molecule has 0 radical (unpaired) electrons. The van der Waals surface area contributed by atoms with Crippen LogP contribution in [-0.2, 0) is 0 Å². The molecule has 5 heteroatoms. The molecule has 18 heavy (non-hydrogen) atoms. The molecule has 0 saturated carbocycles. The number of pyridine rings is 1. The Morgan fingerprint density at radius 1 is 1.33 bits per heavy atom. The maximum atomic E-state index is 12.9. The predicted molar refractivity (Wildman–Crippen MR) is 64.6 cm³/mol. The summed E-state index contributed by atoms with van der Waals surface area (Å²) in [6.45, 7) is 1.75. The second kappa shape index (κ2) is 4.72. The Morgan fingerprint density at radius 2 is 2.11 bits per heavy atom. The van der Waals surface area contributed by atoms with Gasteiger partial charge < -0.3 is 10.5 Å². The number of anilines is 1. The molecule has 2 rings (SSSR count). The highest BCUT2D eigenvalue weighted by Gasteiger charge is 2.06. The highest BCUT2D eigenvalue weighted by atomic mass is 19.1. The maximum absolute atomic E-state index is 12.9. The smallest absolute Gasteiger partial charge is 0.220 e. The van der Waals surface area contributed by atoms with Crippen molar-refractivity contribution in [2.75, 3.05) is 5.73 Å². The summed E-state index contributed by atoms with van der Waals surface area (Å²) in [4.78, 5) is 4.12. The first kappa shape index (κ1) is 11.9. The number of hydrogen-bond donors (Lipinski definition) is 1. The number of aryl methyl sites for hydroxylation is 1. The van der Waals surface area contributed by atoms with Crippen molar-refractivity contribution >= 4 is 5.69 Å². The molecule has 0 amide bonds. The van der Waals surface area contributed by atoms with E-state index in [2.05, 4.69) is 4.98 Å². The lowest BCUT2D eigenvalue weighted by Crippen LogP contribution is -1.96. The van der Waals surface area contributed by atoms with Crippen LogP contribution in [0, 0.1) is 24.1 Å². The average Bonchev–Trinajstić information content (AvgIpc) is 2.32. The van der Waals surface area contributed by atoms with Crippen molar-refractivity contribution in [3.05, 3.63) is 47.4 Å². The van der Waals surface area contributed by atoms with Crippen LogP contribution in [0.3, 0.4) is 0 Å². The third kappa shape index (κ3) is 2.55. The van der Waals surface area contributed by atoms with Crippen LogP contribution in [0.1, 0.15) is 11.3 Å². The van der Waals surface area contributed by atoms with E-state index >= 15 is 0 Å². The van der Waals surface area contributed by atoms with E-state index in [0.717, 1.165) is 6.07 Å². The number of nitrogens with two attached hydrogens (primary N) is 1. The summed E-state index contributed by atoms with van der Waals surface area (Å²) in [5.41, 5.74) is 6.90. The van der Waals surface area contributed by atoms with Gasteiger partial charge in [0.25, 0.3) is 0 Å². The first-order valence-corrected chi connectivity index (χ1v) is 5.20. The Kier molecular flexibility index (Phi) is 3.11. The van der Waals surface area contributed by atoms with Crippen LogP contribution in [0.5, 0.6) is 11.6 Å². The highest BCUT2D eigenvalue weighted by Crippen LogP contribution is 2.27. The normalized spacial score (nSPS) is 9.83. The minimum atomic E-state index is -0.435. The van der Waals surface area contributed by atoms with Crippen LogP contribution in [0.4, 0.5) is 10.1 Å². The maximum Gasteiger partial charge on any atom is 0.220 e. The van der Waals surface area contributed by atoms with Gasteiger partial charge in [0.1, 0.15) is 5.82 Å². The van der Waals surface area contributed by atoms with Gasteiger partial charge in [-0.3, -0.25) is 0 Å². The molecule has 0 spiro atoms. The lowest BCUT2D eigenvalue weighted by Gasteiger charge is -2.08. The van der Waals surface area contributed by atoms with E-state index in [-0.39, 0.29) is 11.6 Å². The fraction of sp³-hybridized carbons (Fsp3) is 0.0769. The Balaban J connectivity index is 2.34. The Morgan fingerprint density at radius 3 is 2.78 bits per heavy atom. The summed E-state index contributed by atoms with van der Waals surface area (Å²) in [7, 11) is 0. The number of ether oxygens (including phenoxy) is 1.